The fourth-order valence-corrected chi connectivity index (χ4v) is 3.64. The summed E-state index contributed by atoms with van der Waals surface area (Å²) in [6, 6.07) is 6.97. The summed E-state index contributed by atoms with van der Waals surface area (Å²) < 4.78 is 5.17. The Labute approximate surface area is 146 Å². The van der Waals surface area contributed by atoms with Gasteiger partial charge in [-0.3, -0.25) is 4.79 Å². The van der Waals surface area contributed by atoms with Crippen molar-refractivity contribution in [3.63, 3.8) is 0 Å². The topological polar surface area (TPSA) is 108 Å². The summed E-state index contributed by atoms with van der Waals surface area (Å²) in [4.78, 5) is 12.9. The van der Waals surface area contributed by atoms with Crippen LogP contribution in [-0.2, 0) is 4.79 Å². The maximum Gasteiger partial charge on any atom is 0.162 e. The van der Waals surface area contributed by atoms with E-state index in [1.807, 2.05) is 13.8 Å². The van der Waals surface area contributed by atoms with Gasteiger partial charge in [0.15, 0.2) is 17.3 Å². The average Bonchev–Trinajstić information content (AvgIpc) is 2.53. The molecule has 0 bridgehead atoms. The number of allylic oxidation sites excluding steroid dienone is 3. The summed E-state index contributed by atoms with van der Waals surface area (Å²) in [6.07, 6.45) is 1.09. The quantitative estimate of drug-likeness (QED) is 0.763. The number of carbonyl (C=O) groups is 1. The minimum absolute atomic E-state index is 0.000880. The molecule has 2 aliphatic rings. The fraction of sp³-hybridized carbons (Fsp3) is 0.368. The highest BCUT2D eigenvalue weighted by molar-refractivity contribution is 6.00. The van der Waals surface area contributed by atoms with Crippen LogP contribution in [0.1, 0.15) is 38.2 Å². The highest BCUT2D eigenvalue weighted by Crippen LogP contribution is 2.46. The normalized spacial score (nSPS) is 22.2. The second-order valence-electron chi connectivity index (χ2n) is 7.26. The zero-order chi connectivity index (χ0) is 18.4. The number of nitrogens with zero attached hydrogens (tertiary/aromatic N) is 1. The molecule has 1 heterocycles. The van der Waals surface area contributed by atoms with Gasteiger partial charge in [0.25, 0.3) is 0 Å². The Morgan fingerprint density at radius 2 is 2.12 bits per heavy atom. The van der Waals surface area contributed by atoms with E-state index < -0.39 is 5.92 Å². The summed E-state index contributed by atoms with van der Waals surface area (Å²) in [7, 11) is 1.45. The molecule has 3 rings (SSSR count). The Bertz CT molecular complexity index is 859. The molecule has 0 radical (unpaired) electrons. The van der Waals surface area contributed by atoms with Crippen molar-refractivity contribution in [1.29, 1.82) is 5.26 Å². The Morgan fingerprint density at radius 3 is 2.76 bits per heavy atom. The van der Waals surface area contributed by atoms with E-state index in [1.54, 1.807) is 12.1 Å². The van der Waals surface area contributed by atoms with Crippen LogP contribution < -0.4 is 15.8 Å². The average molecular weight is 339 g/mol. The van der Waals surface area contributed by atoms with E-state index in [-0.39, 0.29) is 28.5 Å². The Balaban J connectivity index is 2.19. The molecule has 0 amide bonds. The van der Waals surface area contributed by atoms with Gasteiger partial charge in [-0.25, -0.2) is 0 Å². The highest BCUT2D eigenvalue weighted by atomic mass is 16.5. The summed E-state index contributed by atoms with van der Waals surface area (Å²) >= 11 is 0. The second-order valence-corrected chi connectivity index (χ2v) is 7.26. The van der Waals surface area contributed by atoms with E-state index >= 15 is 0 Å². The molecule has 1 aliphatic carbocycles. The summed E-state index contributed by atoms with van der Waals surface area (Å²) in [5.41, 5.74) is 8.27. The van der Waals surface area contributed by atoms with Gasteiger partial charge in [0, 0.05) is 17.7 Å². The van der Waals surface area contributed by atoms with Gasteiger partial charge in [-0.05, 0) is 29.5 Å². The van der Waals surface area contributed by atoms with Crippen molar-refractivity contribution in [1.82, 2.24) is 5.32 Å². The number of nitriles is 1. The lowest BCUT2D eigenvalue weighted by Crippen LogP contribution is -2.39. The first kappa shape index (κ1) is 16.9. The first-order chi connectivity index (χ1) is 11.8. The van der Waals surface area contributed by atoms with E-state index in [0.29, 0.717) is 29.6 Å². The van der Waals surface area contributed by atoms with Crippen molar-refractivity contribution in [2.45, 2.75) is 32.6 Å². The van der Waals surface area contributed by atoms with Crippen molar-refractivity contribution in [3.8, 4) is 17.6 Å². The van der Waals surface area contributed by atoms with E-state index in [4.69, 9.17) is 10.5 Å². The van der Waals surface area contributed by atoms with E-state index in [2.05, 4.69) is 11.4 Å². The number of carbonyl (C=O) groups excluding carboxylic acids is 1. The number of ketones is 1. The Hall–Kier alpha value is -2.94. The lowest BCUT2D eigenvalue weighted by Gasteiger charge is -2.38. The molecule has 1 aromatic rings. The van der Waals surface area contributed by atoms with Gasteiger partial charge in [-0.2, -0.15) is 5.26 Å². The van der Waals surface area contributed by atoms with Crippen LogP contribution in [0, 0.1) is 16.7 Å². The fourth-order valence-electron chi connectivity index (χ4n) is 3.64. The summed E-state index contributed by atoms with van der Waals surface area (Å²) in [6.45, 7) is 4.07. The molecule has 25 heavy (non-hydrogen) atoms. The molecule has 0 spiro atoms. The third-order valence-corrected chi connectivity index (χ3v) is 4.73. The van der Waals surface area contributed by atoms with Crippen LogP contribution in [0.25, 0.3) is 0 Å². The maximum atomic E-state index is 12.9. The maximum absolute atomic E-state index is 12.9. The molecule has 0 saturated carbocycles. The number of methoxy groups -OCH3 is 1. The van der Waals surface area contributed by atoms with E-state index in [0.717, 1.165) is 5.70 Å². The SMILES string of the molecule is COc1cc(C2C(C#N)=C(N)NC3=C2C(=O)CC(C)(C)C3)ccc1O. The number of hydrogen-bond donors (Lipinski definition) is 3. The number of aromatic hydroxyl groups is 1. The third-order valence-electron chi connectivity index (χ3n) is 4.73. The Morgan fingerprint density at radius 1 is 1.40 bits per heavy atom. The van der Waals surface area contributed by atoms with Gasteiger partial charge < -0.3 is 20.9 Å². The molecule has 130 valence electrons. The molecule has 0 saturated heterocycles. The first-order valence-corrected chi connectivity index (χ1v) is 8.07. The molecular formula is C19H21N3O3. The molecule has 4 N–H and O–H groups in total. The zero-order valence-electron chi connectivity index (χ0n) is 14.5. The van der Waals surface area contributed by atoms with Gasteiger partial charge in [0.1, 0.15) is 5.82 Å². The van der Waals surface area contributed by atoms with Gasteiger partial charge in [-0.15, -0.1) is 0 Å². The Kier molecular flexibility index (Phi) is 3.96. The number of Topliss-reactive ketones (excluding diaryl/α,β-unsaturated/α-hetero) is 1. The number of ether oxygens (including phenoxy) is 1. The number of hydrogen-bond acceptors (Lipinski definition) is 6. The molecular weight excluding hydrogens is 318 g/mol. The van der Waals surface area contributed by atoms with Crippen LogP contribution in [0.4, 0.5) is 0 Å². The molecule has 6 nitrogen and oxygen atoms in total. The van der Waals surface area contributed by atoms with Gasteiger partial charge in [0.2, 0.25) is 0 Å². The number of phenolic OH excluding ortho intramolecular Hbond substituents is 1. The number of benzene rings is 1. The van der Waals surface area contributed by atoms with Crippen molar-refractivity contribution in [3.05, 3.63) is 46.4 Å². The number of nitrogens with two attached hydrogens (primary N) is 1. The largest absolute Gasteiger partial charge is 0.504 e. The predicted octanol–water partition coefficient (Wildman–Crippen LogP) is 2.42. The highest BCUT2D eigenvalue weighted by Gasteiger charge is 2.41. The summed E-state index contributed by atoms with van der Waals surface area (Å²) in [5.74, 6) is 0.0118. The van der Waals surface area contributed by atoms with Crippen molar-refractivity contribution < 1.29 is 14.6 Å². The van der Waals surface area contributed by atoms with E-state index in [1.165, 1.54) is 13.2 Å². The van der Waals surface area contributed by atoms with Crippen molar-refractivity contribution in [2.24, 2.45) is 11.1 Å². The predicted molar refractivity (Wildman–Crippen MR) is 92.4 cm³/mol. The molecule has 1 unspecified atom stereocenters. The van der Waals surface area contributed by atoms with Gasteiger partial charge in [0.05, 0.1) is 24.7 Å². The third kappa shape index (κ3) is 2.82. The number of dihydropyridines is 1. The summed E-state index contributed by atoms with van der Waals surface area (Å²) in [5, 5.41) is 22.5. The van der Waals surface area contributed by atoms with Crippen molar-refractivity contribution in [2.75, 3.05) is 7.11 Å². The second kappa shape index (κ2) is 5.85. The number of nitrogens with one attached hydrogen (secondary N) is 1. The molecule has 1 aliphatic heterocycles. The monoisotopic (exact) mass is 339 g/mol. The minimum atomic E-state index is -0.556. The molecule has 1 aromatic carbocycles. The van der Waals surface area contributed by atoms with Crippen molar-refractivity contribution >= 4 is 5.78 Å². The first-order valence-electron chi connectivity index (χ1n) is 8.07. The standard InChI is InChI=1S/C19H21N3O3/c1-19(2)7-12-17(14(24)8-19)16(11(9-20)18(21)22-12)10-4-5-13(23)15(6-10)25-3/h4-6,16,22-23H,7-8,21H2,1-3H3. The number of rotatable bonds is 2. The zero-order valence-corrected chi connectivity index (χ0v) is 14.5. The molecule has 0 fully saturated rings. The van der Waals surface area contributed by atoms with Crippen LogP contribution in [0.5, 0.6) is 11.5 Å². The number of phenols is 1. The lowest BCUT2D eigenvalue weighted by molar-refractivity contribution is -0.118. The molecule has 1 atom stereocenters. The smallest absolute Gasteiger partial charge is 0.162 e. The van der Waals surface area contributed by atoms with Crippen LogP contribution in [0.2, 0.25) is 0 Å². The van der Waals surface area contributed by atoms with Gasteiger partial charge >= 0.3 is 0 Å². The van der Waals surface area contributed by atoms with E-state index in [9.17, 15) is 15.2 Å². The molecule has 0 aromatic heterocycles. The molecule has 6 heteroatoms. The minimum Gasteiger partial charge on any atom is -0.504 e. The lowest BCUT2D eigenvalue weighted by atomic mass is 9.69. The van der Waals surface area contributed by atoms with Crippen LogP contribution in [-0.4, -0.2) is 18.0 Å². The van der Waals surface area contributed by atoms with Crippen LogP contribution in [0.3, 0.4) is 0 Å². The van der Waals surface area contributed by atoms with Crippen LogP contribution in [0.15, 0.2) is 40.9 Å². The van der Waals surface area contributed by atoms with Gasteiger partial charge in [-0.1, -0.05) is 19.9 Å². The van der Waals surface area contributed by atoms with Crippen LogP contribution >= 0.6 is 0 Å².